The first-order valence-electron chi connectivity index (χ1n) is 5.12. The van der Waals surface area contributed by atoms with E-state index < -0.39 is 11.9 Å². The van der Waals surface area contributed by atoms with Gasteiger partial charge in [0, 0.05) is 14.2 Å². The summed E-state index contributed by atoms with van der Waals surface area (Å²) in [6.07, 6.45) is 0. The van der Waals surface area contributed by atoms with Gasteiger partial charge in [-0.1, -0.05) is 12.1 Å². The van der Waals surface area contributed by atoms with Gasteiger partial charge in [0.25, 0.3) is 0 Å². The summed E-state index contributed by atoms with van der Waals surface area (Å²) >= 11 is 0. The van der Waals surface area contributed by atoms with Gasteiger partial charge >= 0.3 is 11.9 Å². The quantitative estimate of drug-likeness (QED) is 0.561. The molecule has 1 aromatic carbocycles. The molecule has 0 aliphatic rings. The van der Waals surface area contributed by atoms with Gasteiger partial charge < -0.3 is 18.9 Å². The molecule has 0 radical (unpaired) electrons. The van der Waals surface area contributed by atoms with Crippen LogP contribution in [0.4, 0.5) is 0 Å². The Morgan fingerprint density at radius 1 is 0.889 bits per heavy atom. The third-order valence-electron chi connectivity index (χ3n) is 1.98. The first-order chi connectivity index (χ1) is 8.70. The van der Waals surface area contributed by atoms with Crippen LogP contribution >= 0.6 is 0 Å². The van der Waals surface area contributed by atoms with Crippen molar-refractivity contribution in [1.29, 1.82) is 0 Å². The second-order valence-corrected chi connectivity index (χ2v) is 3.22. The Bertz CT molecular complexity index is 376. The van der Waals surface area contributed by atoms with Crippen molar-refractivity contribution in [2.75, 3.05) is 27.8 Å². The number of hydrogen-bond acceptors (Lipinski definition) is 6. The van der Waals surface area contributed by atoms with Crippen LogP contribution in [0.5, 0.6) is 0 Å². The van der Waals surface area contributed by atoms with E-state index >= 15 is 0 Å². The Morgan fingerprint density at radius 2 is 1.28 bits per heavy atom. The van der Waals surface area contributed by atoms with Crippen molar-refractivity contribution < 1.29 is 28.5 Å². The summed E-state index contributed by atoms with van der Waals surface area (Å²) in [5.41, 5.74) is 0.242. The topological polar surface area (TPSA) is 71.1 Å². The Morgan fingerprint density at radius 3 is 1.61 bits per heavy atom. The summed E-state index contributed by atoms with van der Waals surface area (Å²) in [7, 11) is 2.79. The van der Waals surface area contributed by atoms with Crippen molar-refractivity contribution in [2.24, 2.45) is 0 Å². The lowest BCUT2D eigenvalue weighted by atomic mass is 10.1. The standard InChI is InChI=1S/C12H14O6/c1-15-7-17-11(13)9-5-3-4-6-10(9)12(14)18-8-16-2/h3-6H,7-8H2,1-2H3. The lowest BCUT2D eigenvalue weighted by Gasteiger charge is -2.08. The van der Waals surface area contributed by atoms with Crippen LogP contribution in [0, 0.1) is 0 Å². The van der Waals surface area contributed by atoms with Gasteiger partial charge in [0.05, 0.1) is 11.1 Å². The number of hydrogen-bond donors (Lipinski definition) is 0. The first kappa shape index (κ1) is 14.1. The van der Waals surface area contributed by atoms with Gasteiger partial charge in [-0.2, -0.15) is 0 Å². The fourth-order valence-electron chi connectivity index (χ4n) is 1.22. The molecule has 6 nitrogen and oxygen atoms in total. The molecule has 0 aliphatic carbocycles. The summed E-state index contributed by atoms with van der Waals surface area (Å²) in [5, 5.41) is 0. The van der Waals surface area contributed by atoms with E-state index in [1.54, 1.807) is 12.1 Å². The number of esters is 2. The predicted octanol–water partition coefficient (Wildman–Crippen LogP) is 1.21. The second kappa shape index (κ2) is 7.41. The van der Waals surface area contributed by atoms with Crippen molar-refractivity contribution in [2.45, 2.75) is 0 Å². The SMILES string of the molecule is COCOC(=O)c1ccccc1C(=O)OCOC. The van der Waals surface area contributed by atoms with Gasteiger partial charge in [0.15, 0.2) is 13.6 Å². The molecule has 98 valence electrons. The molecular formula is C12H14O6. The molecule has 0 spiro atoms. The molecular weight excluding hydrogens is 240 g/mol. The van der Waals surface area contributed by atoms with Crippen LogP contribution in [-0.2, 0) is 18.9 Å². The Kier molecular flexibility index (Phi) is 5.83. The summed E-state index contributed by atoms with van der Waals surface area (Å²) < 4.78 is 18.8. The van der Waals surface area contributed by atoms with Crippen LogP contribution in [0.2, 0.25) is 0 Å². The second-order valence-electron chi connectivity index (χ2n) is 3.22. The highest BCUT2D eigenvalue weighted by Crippen LogP contribution is 2.12. The van der Waals surface area contributed by atoms with Gasteiger partial charge in [-0.3, -0.25) is 0 Å². The van der Waals surface area contributed by atoms with Crippen LogP contribution < -0.4 is 0 Å². The Balaban J connectivity index is 2.85. The molecule has 1 rings (SSSR count). The molecule has 0 unspecified atom stereocenters. The summed E-state index contributed by atoms with van der Waals surface area (Å²) in [4.78, 5) is 23.3. The molecule has 0 heterocycles. The average molecular weight is 254 g/mol. The van der Waals surface area contributed by atoms with Gasteiger partial charge in [-0.05, 0) is 12.1 Å². The lowest BCUT2D eigenvalue weighted by Crippen LogP contribution is -2.15. The molecule has 0 atom stereocenters. The number of ether oxygens (including phenoxy) is 4. The summed E-state index contributed by atoms with van der Waals surface area (Å²) in [5.74, 6) is -1.30. The number of carbonyl (C=O) groups is 2. The maximum atomic E-state index is 11.7. The van der Waals surface area contributed by atoms with Gasteiger partial charge in [-0.25, -0.2) is 9.59 Å². The molecule has 0 N–H and O–H groups in total. The van der Waals surface area contributed by atoms with E-state index in [9.17, 15) is 9.59 Å². The zero-order valence-corrected chi connectivity index (χ0v) is 10.2. The van der Waals surface area contributed by atoms with Crippen LogP contribution in [-0.4, -0.2) is 39.7 Å². The normalized spacial score (nSPS) is 9.89. The molecule has 0 fully saturated rings. The molecule has 0 saturated carbocycles. The van der Waals surface area contributed by atoms with Crippen molar-refractivity contribution in [3.8, 4) is 0 Å². The van der Waals surface area contributed by atoms with Crippen LogP contribution in [0.1, 0.15) is 20.7 Å². The maximum absolute atomic E-state index is 11.7. The lowest BCUT2D eigenvalue weighted by molar-refractivity contribution is -0.0162. The molecule has 0 bridgehead atoms. The number of rotatable bonds is 6. The minimum atomic E-state index is -0.651. The van der Waals surface area contributed by atoms with E-state index in [2.05, 4.69) is 9.47 Å². The molecule has 0 aromatic heterocycles. The van der Waals surface area contributed by atoms with Gasteiger partial charge in [0.2, 0.25) is 0 Å². The zero-order valence-electron chi connectivity index (χ0n) is 10.2. The number of benzene rings is 1. The minimum absolute atomic E-state index is 0.121. The van der Waals surface area contributed by atoms with Crippen LogP contribution in [0.15, 0.2) is 24.3 Å². The van der Waals surface area contributed by atoms with Crippen molar-refractivity contribution >= 4 is 11.9 Å². The number of carbonyl (C=O) groups excluding carboxylic acids is 2. The third-order valence-corrected chi connectivity index (χ3v) is 1.98. The Labute approximate surface area is 104 Å². The fraction of sp³-hybridized carbons (Fsp3) is 0.333. The first-order valence-corrected chi connectivity index (χ1v) is 5.12. The molecule has 0 saturated heterocycles. The molecule has 0 amide bonds. The molecule has 1 aromatic rings. The highest BCUT2D eigenvalue weighted by molar-refractivity contribution is 6.03. The van der Waals surface area contributed by atoms with E-state index in [0.717, 1.165) is 0 Å². The third kappa shape index (κ3) is 3.83. The fourth-order valence-corrected chi connectivity index (χ4v) is 1.22. The highest BCUT2D eigenvalue weighted by Gasteiger charge is 2.18. The van der Waals surface area contributed by atoms with Crippen molar-refractivity contribution in [3.63, 3.8) is 0 Å². The summed E-state index contributed by atoms with van der Waals surface area (Å²) in [6, 6.07) is 6.19. The largest absolute Gasteiger partial charge is 0.435 e. The number of methoxy groups -OCH3 is 2. The predicted molar refractivity (Wildman–Crippen MR) is 61.0 cm³/mol. The van der Waals surface area contributed by atoms with E-state index in [4.69, 9.17) is 9.47 Å². The van der Waals surface area contributed by atoms with E-state index in [1.165, 1.54) is 26.4 Å². The van der Waals surface area contributed by atoms with Crippen LogP contribution in [0.25, 0.3) is 0 Å². The molecule has 18 heavy (non-hydrogen) atoms. The van der Waals surface area contributed by atoms with E-state index in [-0.39, 0.29) is 24.7 Å². The zero-order chi connectivity index (χ0) is 13.4. The maximum Gasteiger partial charge on any atom is 0.341 e. The highest BCUT2D eigenvalue weighted by atomic mass is 16.7. The van der Waals surface area contributed by atoms with Crippen molar-refractivity contribution in [1.82, 2.24) is 0 Å². The van der Waals surface area contributed by atoms with Gasteiger partial charge in [0.1, 0.15) is 0 Å². The average Bonchev–Trinajstić information content (AvgIpc) is 2.42. The minimum Gasteiger partial charge on any atom is -0.435 e. The van der Waals surface area contributed by atoms with E-state index in [1.807, 2.05) is 0 Å². The van der Waals surface area contributed by atoms with Gasteiger partial charge in [-0.15, -0.1) is 0 Å². The Hall–Kier alpha value is -1.92. The smallest absolute Gasteiger partial charge is 0.341 e. The van der Waals surface area contributed by atoms with Crippen LogP contribution in [0.3, 0.4) is 0 Å². The summed E-state index contributed by atoms with van der Waals surface area (Å²) in [6.45, 7) is -0.361. The van der Waals surface area contributed by atoms with Crippen molar-refractivity contribution in [3.05, 3.63) is 35.4 Å². The van der Waals surface area contributed by atoms with E-state index in [0.29, 0.717) is 0 Å². The molecule has 0 aliphatic heterocycles. The monoisotopic (exact) mass is 254 g/mol. The molecule has 6 heteroatoms.